The van der Waals surface area contributed by atoms with Crippen molar-refractivity contribution in [2.24, 2.45) is 11.8 Å². The molecule has 0 spiro atoms. The molecule has 1 amide bonds. The van der Waals surface area contributed by atoms with Crippen molar-refractivity contribution < 1.29 is 22.7 Å². The molecular formula is C19H26N2O5S. The van der Waals surface area contributed by atoms with E-state index in [-0.39, 0.29) is 23.4 Å². The highest BCUT2D eigenvalue weighted by Gasteiger charge is 2.40. The van der Waals surface area contributed by atoms with Gasteiger partial charge in [-0.15, -0.1) is 0 Å². The Hall–Kier alpha value is -1.93. The van der Waals surface area contributed by atoms with Gasteiger partial charge in [-0.2, -0.15) is 4.31 Å². The predicted octanol–water partition coefficient (Wildman–Crippen LogP) is 2.39. The highest BCUT2D eigenvalue weighted by Crippen LogP contribution is 2.38. The summed E-state index contributed by atoms with van der Waals surface area (Å²) >= 11 is 0. The molecule has 1 aromatic carbocycles. The van der Waals surface area contributed by atoms with Gasteiger partial charge < -0.3 is 10.1 Å². The normalized spacial score (nSPS) is 23.3. The van der Waals surface area contributed by atoms with Gasteiger partial charge in [0.1, 0.15) is 0 Å². The summed E-state index contributed by atoms with van der Waals surface area (Å²) in [5.74, 6) is -0.531. The minimum Gasteiger partial charge on any atom is -0.455 e. The Kier molecular flexibility index (Phi) is 6.16. The number of hydrogen-bond donors (Lipinski definition) is 1. The SMILES string of the molecule is C[C@@H]1C[C@@H]1C(=O)OCC(=O)Nc1ccc(S(=O)(=O)N2CCCCCC2)cc1. The van der Waals surface area contributed by atoms with Gasteiger partial charge in [0.2, 0.25) is 10.0 Å². The molecule has 2 fully saturated rings. The predicted molar refractivity (Wildman–Crippen MR) is 101 cm³/mol. The fourth-order valence-electron chi connectivity index (χ4n) is 3.23. The van der Waals surface area contributed by atoms with Crippen LogP contribution in [0.3, 0.4) is 0 Å². The number of rotatable bonds is 6. The van der Waals surface area contributed by atoms with Gasteiger partial charge in [0.15, 0.2) is 6.61 Å². The molecule has 8 heteroatoms. The zero-order valence-electron chi connectivity index (χ0n) is 15.5. The van der Waals surface area contributed by atoms with E-state index in [0.29, 0.717) is 24.7 Å². The van der Waals surface area contributed by atoms with Crippen LogP contribution in [-0.2, 0) is 24.3 Å². The van der Waals surface area contributed by atoms with Crippen molar-refractivity contribution in [3.8, 4) is 0 Å². The van der Waals surface area contributed by atoms with Crippen LogP contribution in [0.2, 0.25) is 0 Å². The number of nitrogens with one attached hydrogen (secondary N) is 1. The lowest BCUT2D eigenvalue weighted by molar-refractivity contribution is -0.148. The highest BCUT2D eigenvalue weighted by molar-refractivity contribution is 7.89. The third-order valence-corrected chi connectivity index (χ3v) is 7.01. The van der Waals surface area contributed by atoms with Crippen molar-refractivity contribution in [1.29, 1.82) is 0 Å². The Morgan fingerprint density at radius 3 is 2.26 bits per heavy atom. The first-order valence-electron chi connectivity index (χ1n) is 9.44. The van der Waals surface area contributed by atoms with Crippen molar-refractivity contribution in [3.05, 3.63) is 24.3 Å². The lowest BCUT2D eigenvalue weighted by Gasteiger charge is -2.20. The highest BCUT2D eigenvalue weighted by atomic mass is 32.2. The van der Waals surface area contributed by atoms with Crippen LogP contribution in [0.1, 0.15) is 39.0 Å². The number of carbonyl (C=O) groups is 2. The lowest BCUT2D eigenvalue weighted by Crippen LogP contribution is -2.31. The van der Waals surface area contributed by atoms with Crippen molar-refractivity contribution >= 4 is 27.6 Å². The first-order chi connectivity index (χ1) is 12.9. The molecule has 0 radical (unpaired) electrons. The number of ether oxygens (including phenoxy) is 1. The van der Waals surface area contributed by atoms with Crippen LogP contribution in [-0.4, -0.2) is 44.3 Å². The molecule has 148 valence electrons. The molecule has 1 N–H and O–H groups in total. The van der Waals surface area contributed by atoms with Gasteiger partial charge in [-0.25, -0.2) is 8.42 Å². The van der Waals surface area contributed by atoms with Gasteiger partial charge in [0.25, 0.3) is 5.91 Å². The van der Waals surface area contributed by atoms with Gasteiger partial charge in [0.05, 0.1) is 10.8 Å². The summed E-state index contributed by atoms with van der Waals surface area (Å²) in [5.41, 5.74) is 0.464. The smallest absolute Gasteiger partial charge is 0.309 e. The van der Waals surface area contributed by atoms with E-state index >= 15 is 0 Å². The molecule has 3 rings (SSSR count). The van der Waals surface area contributed by atoms with Crippen molar-refractivity contribution in [3.63, 3.8) is 0 Å². The molecule has 7 nitrogen and oxygen atoms in total. The average molecular weight is 394 g/mol. The number of anilines is 1. The van der Waals surface area contributed by atoms with E-state index in [1.165, 1.54) is 16.4 Å². The fraction of sp³-hybridized carbons (Fsp3) is 0.579. The standard InChI is InChI=1S/C19H26N2O5S/c1-14-12-17(14)19(23)26-13-18(22)20-15-6-8-16(9-7-15)27(24,25)21-10-4-2-3-5-11-21/h6-9,14,17H,2-5,10-13H2,1H3,(H,20,22)/t14-,17+/m1/s1. The van der Waals surface area contributed by atoms with E-state index in [2.05, 4.69) is 5.32 Å². The minimum absolute atomic E-state index is 0.0822. The van der Waals surface area contributed by atoms with Crippen LogP contribution in [0.4, 0.5) is 5.69 Å². The van der Waals surface area contributed by atoms with Crippen LogP contribution >= 0.6 is 0 Å². The third-order valence-electron chi connectivity index (χ3n) is 5.10. The minimum atomic E-state index is -3.51. The zero-order chi connectivity index (χ0) is 19.4. The maximum atomic E-state index is 12.7. The molecule has 0 unspecified atom stereocenters. The van der Waals surface area contributed by atoms with Gasteiger partial charge >= 0.3 is 5.97 Å². The van der Waals surface area contributed by atoms with Gasteiger partial charge in [-0.3, -0.25) is 9.59 Å². The van der Waals surface area contributed by atoms with Crippen LogP contribution < -0.4 is 5.32 Å². The summed E-state index contributed by atoms with van der Waals surface area (Å²) in [6.07, 6.45) is 4.69. The number of sulfonamides is 1. The molecule has 0 bridgehead atoms. The summed E-state index contributed by atoms with van der Waals surface area (Å²) in [5, 5.41) is 2.61. The van der Waals surface area contributed by atoms with E-state index in [9.17, 15) is 18.0 Å². The molecule has 1 heterocycles. The van der Waals surface area contributed by atoms with Crippen LogP contribution in [0, 0.1) is 11.8 Å². The van der Waals surface area contributed by atoms with Crippen LogP contribution in [0.5, 0.6) is 0 Å². The Morgan fingerprint density at radius 1 is 1.11 bits per heavy atom. The number of hydrogen-bond acceptors (Lipinski definition) is 5. The van der Waals surface area contributed by atoms with Gasteiger partial charge in [-0.1, -0.05) is 19.8 Å². The molecule has 1 aliphatic heterocycles. The Labute approximate surface area is 160 Å². The second-order valence-corrected chi connectivity index (χ2v) is 9.26. The first-order valence-corrected chi connectivity index (χ1v) is 10.9. The number of esters is 1. The second kappa shape index (κ2) is 8.39. The molecule has 1 saturated carbocycles. The van der Waals surface area contributed by atoms with Crippen molar-refractivity contribution in [1.82, 2.24) is 4.31 Å². The second-order valence-electron chi connectivity index (χ2n) is 7.32. The van der Waals surface area contributed by atoms with E-state index in [4.69, 9.17) is 4.74 Å². The quantitative estimate of drug-likeness (QED) is 0.748. The summed E-state index contributed by atoms with van der Waals surface area (Å²) in [4.78, 5) is 23.7. The molecule has 1 aliphatic carbocycles. The molecule has 1 aromatic rings. The summed E-state index contributed by atoms with van der Waals surface area (Å²) in [6.45, 7) is 2.72. The van der Waals surface area contributed by atoms with E-state index in [1.54, 1.807) is 12.1 Å². The van der Waals surface area contributed by atoms with E-state index < -0.39 is 15.9 Å². The summed E-state index contributed by atoms with van der Waals surface area (Å²) in [6, 6.07) is 6.09. The van der Waals surface area contributed by atoms with E-state index in [0.717, 1.165) is 32.1 Å². The Balaban J connectivity index is 1.54. The number of carbonyl (C=O) groups excluding carboxylic acids is 2. The molecular weight excluding hydrogens is 368 g/mol. The third kappa shape index (κ3) is 5.07. The Morgan fingerprint density at radius 2 is 1.70 bits per heavy atom. The molecule has 2 aliphatic rings. The van der Waals surface area contributed by atoms with Crippen LogP contribution in [0.15, 0.2) is 29.2 Å². The largest absolute Gasteiger partial charge is 0.455 e. The first kappa shape index (κ1) is 19.8. The average Bonchev–Trinajstić information content (AvgIpc) is 3.42. The van der Waals surface area contributed by atoms with Crippen molar-refractivity contribution in [2.75, 3.05) is 25.0 Å². The maximum Gasteiger partial charge on any atom is 0.309 e. The lowest BCUT2D eigenvalue weighted by atomic mass is 10.2. The van der Waals surface area contributed by atoms with Gasteiger partial charge in [-0.05, 0) is 49.4 Å². The van der Waals surface area contributed by atoms with Crippen molar-refractivity contribution in [2.45, 2.75) is 43.9 Å². The monoisotopic (exact) mass is 394 g/mol. The van der Waals surface area contributed by atoms with Gasteiger partial charge in [0, 0.05) is 18.8 Å². The Bertz CT molecular complexity index is 783. The topological polar surface area (TPSA) is 92.8 Å². The number of benzene rings is 1. The van der Waals surface area contributed by atoms with Crippen LogP contribution in [0.25, 0.3) is 0 Å². The molecule has 27 heavy (non-hydrogen) atoms. The maximum absolute atomic E-state index is 12.7. The number of amides is 1. The fourth-order valence-corrected chi connectivity index (χ4v) is 4.75. The summed E-state index contributed by atoms with van der Waals surface area (Å²) < 4.78 is 32.0. The van der Waals surface area contributed by atoms with E-state index in [1.807, 2.05) is 6.92 Å². The molecule has 2 atom stereocenters. The zero-order valence-corrected chi connectivity index (χ0v) is 16.3. The summed E-state index contributed by atoms with van der Waals surface area (Å²) in [7, 11) is -3.51. The molecule has 1 saturated heterocycles. The number of nitrogens with zero attached hydrogens (tertiary/aromatic N) is 1. The molecule has 0 aromatic heterocycles.